The third kappa shape index (κ3) is 5.78. The first-order valence-corrected chi connectivity index (χ1v) is 9.99. The van der Waals surface area contributed by atoms with Crippen LogP contribution < -0.4 is 10.6 Å². The number of rotatable bonds is 6. The maximum atomic E-state index is 12.4. The van der Waals surface area contributed by atoms with Crippen molar-refractivity contribution in [3.8, 4) is 0 Å². The van der Waals surface area contributed by atoms with E-state index in [-0.39, 0.29) is 17.9 Å². The second kappa shape index (κ2) is 9.33. The molecule has 6 heteroatoms. The second-order valence-electron chi connectivity index (χ2n) is 7.88. The molecule has 0 aliphatic carbocycles. The first-order chi connectivity index (χ1) is 13.0. The highest BCUT2D eigenvalue weighted by Gasteiger charge is 2.26. The Morgan fingerprint density at radius 3 is 2.70 bits per heavy atom. The normalized spacial score (nSPS) is 22.4. The molecule has 2 unspecified atom stereocenters. The maximum Gasteiger partial charge on any atom is 0.251 e. The van der Waals surface area contributed by atoms with Crippen LogP contribution in [0.4, 0.5) is 0 Å². The van der Waals surface area contributed by atoms with E-state index in [0.717, 1.165) is 57.7 Å². The topological polar surface area (TPSA) is 70.7 Å². The van der Waals surface area contributed by atoms with Crippen LogP contribution in [0.2, 0.25) is 0 Å². The molecular formula is C21H31N3O3. The van der Waals surface area contributed by atoms with Crippen molar-refractivity contribution in [3.63, 3.8) is 0 Å². The van der Waals surface area contributed by atoms with E-state index in [1.807, 2.05) is 25.1 Å². The summed E-state index contributed by atoms with van der Waals surface area (Å²) in [6.45, 7) is 8.57. The largest absolute Gasteiger partial charge is 0.381 e. The summed E-state index contributed by atoms with van der Waals surface area (Å²) in [6, 6.07) is 7.02. The molecule has 2 aliphatic heterocycles. The molecule has 0 saturated carbocycles. The summed E-state index contributed by atoms with van der Waals surface area (Å²) in [5.41, 5.74) is 1.61. The highest BCUT2D eigenvalue weighted by molar-refractivity contribution is 5.97. The standard InChI is InChI=1S/C21H31N3O3/c1-15-4-3-5-18(12-15)21(26)22-16(2)20(25)23-19-6-9-24(10-7-19)13-17-8-11-27-14-17/h3-5,12,16-17,19H,6-11,13-14H2,1-2H3,(H,22,26)(H,23,25). The molecule has 6 nitrogen and oxygen atoms in total. The first-order valence-electron chi connectivity index (χ1n) is 9.99. The summed E-state index contributed by atoms with van der Waals surface area (Å²) in [5, 5.41) is 5.89. The Morgan fingerprint density at radius 2 is 2.04 bits per heavy atom. The highest BCUT2D eigenvalue weighted by Crippen LogP contribution is 2.17. The van der Waals surface area contributed by atoms with E-state index in [2.05, 4.69) is 15.5 Å². The number of nitrogens with zero attached hydrogens (tertiary/aromatic N) is 1. The minimum absolute atomic E-state index is 0.112. The van der Waals surface area contributed by atoms with E-state index in [1.54, 1.807) is 13.0 Å². The lowest BCUT2D eigenvalue weighted by Gasteiger charge is -2.34. The van der Waals surface area contributed by atoms with Crippen LogP contribution in [0.5, 0.6) is 0 Å². The zero-order chi connectivity index (χ0) is 19.2. The molecule has 1 aromatic rings. The van der Waals surface area contributed by atoms with E-state index in [0.29, 0.717) is 11.5 Å². The molecule has 2 N–H and O–H groups in total. The smallest absolute Gasteiger partial charge is 0.251 e. The van der Waals surface area contributed by atoms with Gasteiger partial charge in [-0.1, -0.05) is 17.7 Å². The second-order valence-corrected chi connectivity index (χ2v) is 7.88. The fraction of sp³-hybridized carbons (Fsp3) is 0.619. The number of nitrogens with one attached hydrogen (secondary N) is 2. The molecule has 2 atom stereocenters. The van der Waals surface area contributed by atoms with Gasteiger partial charge in [-0.25, -0.2) is 0 Å². The molecule has 2 amide bonds. The van der Waals surface area contributed by atoms with Crippen molar-refractivity contribution < 1.29 is 14.3 Å². The number of aryl methyl sites for hydroxylation is 1. The first kappa shape index (κ1) is 19.8. The number of hydrogen-bond acceptors (Lipinski definition) is 4. The number of benzene rings is 1. The average molecular weight is 373 g/mol. The van der Waals surface area contributed by atoms with Crippen LogP contribution in [0.3, 0.4) is 0 Å². The van der Waals surface area contributed by atoms with Crippen molar-refractivity contribution in [2.75, 3.05) is 32.8 Å². The van der Waals surface area contributed by atoms with Gasteiger partial charge in [0.1, 0.15) is 6.04 Å². The third-order valence-corrected chi connectivity index (χ3v) is 5.50. The van der Waals surface area contributed by atoms with Crippen LogP contribution in [0.25, 0.3) is 0 Å². The number of hydrogen-bond donors (Lipinski definition) is 2. The predicted octanol–water partition coefficient (Wildman–Crippen LogP) is 1.73. The highest BCUT2D eigenvalue weighted by atomic mass is 16.5. The predicted molar refractivity (Wildman–Crippen MR) is 105 cm³/mol. The number of carbonyl (C=O) groups excluding carboxylic acids is 2. The Kier molecular flexibility index (Phi) is 6.85. The van der Waals surface area contributed by atoms with Gasteiger partial charge in [0.25, 0.3) is 5.91 Å². The zero-order valence-corrected chi connectivity index (χ0v) is 16.4. The molecule has 2 heterocycles. The summed E-state index contributed by atoms with van der Waals surface area (Å²) >= 11 is 0. The molecule has 3 rings (SSSR count). The monoisotopic (exact) mass is 373 g/mol. The van der Waals surface area contributed by atoms with Gasteiger partial charge in [0.2, 0.25) is 5.91 Å². The molecule has 0 aromatic heterocycles. The lowest BCUT2D eigenvalue weighted by molar-refractivity contribution is -0.123. The number of amides is 2. The van der Waals surface area contributed by atoms with E-state index < -0.39 is 6.04 Å². The lowest BCUT2D eigenvalue weighted by Crippen LogP contribution is -2.51. The van der Waals surface area contributed by atoms with Crippen molar-refractivity contribution in [3.05, 3.63) is 35.4 Å². The molecule has 2 fully saturated rings. The van der Waals surface area contributed by atoms with Crippen molar-refractivity contribution in [1.29, 1.82) is 0 Å². The van der Waals surface area contributed by atoms with Gasteiger partial charge in [0, 0.05) is 37.8 Å². The number of ether oxygens (including phenoxy) is 1. The van der Waals surface area contributed by atoms with Crippen LogP contribution in [-0.4, -0.2) is 61.6 Å². The van der Waals surface area contributed by atoms with Crippen LogP contribution in [0.15, 0.2) is 24.3 Å². The summed E-state index contributed by atoms with van der Waals surface area (Å²) in [7, 11) is 0. The number of piperidine rings is 1. The third-order valence-electron chi connectivity index (χ3n) is 5.50. The Morgan fingerprint density at radius 1 is 1.26 bits per heavy atom. The SMILES string of the molecule is Cc1cccc(C(=O)NC(C)C(=O)NC2CCN(CC3CCOC3)CC2)c1. The molecule has 27 heavy (non-hydrogen) atoms. The van der Waals surface area contributed by atoms with Gasteiger partial charge < -0.3 is 20.3 Å². The van der Waals surface area contributed by atoms with Crippen LogP contribution >= 0.6 is 0 Å². The van der Waals surface area contributed by atoms with Gasteiger partial charge in [-0.15, -0.1) is 0 Å². The minimum Gasteiger partial charge on any atom is -0.381 e. The van der Waals surface area contributed by atoms with Crippen molar-refractivity contribution in [2.45, 2.75) is 45.2 Å². The summed E-state index contributed by atoms with van der Waals surface area (Å²) < 4.78 is 5.45. The Bertz CT molecular complexity index is 650. The van der Waals surface area contributed by atoms with Crippen molar-refractivity contribution in [1.82, 2.24) is 15.5 Å². The van der Waals surface area contributed by atoms with Crippen molar-refractivity contribution in [2.24, 2.45) is 5.92 Å². The molecule has 0 spiro atoms. The summed E-state index contributed by atoms with van der Waals surface area (Å²) in [5.74, 6) is 0.335. The van der Waals surface area contributed by atoms with Crippen molar-refractivity contribution >= 4 is 11.8 Å². The van der Waals surface area contributed by atoms with Gasteiger partial charge in [0.15, 0.2) is 0 Å². The minimum atomic E-state index is -0.549. The summed E-state index contributed by atoms with van der Waals surface area (Å²) in [4.78, 5) is 27.2. The molecule has 148 valence electrons. The Hall–Kier alpha value is -1.92. The quantitative estimate of drug-likeness (QED) is 0.797. The molecular weight excluding hydrogens is 342 g/mol. The number of carbonyl (C=O) groups is 2. The van der Waals surface area contributed by atoms with Crippen LogP contribution in [0.1, 0.15) is 42.1 Å². The van der Waals surface area contributed by atoms with Gasteiger partial charge in [-0.3, -0.25) is 9.59 Å². The lowest BCUT2D eigenvalue weighted by atomic mass is 10.0. The fourth-order valence-corrected chi connectivity index (χ4v) is 3.81. The average Bonchev–Trinajstić information content (AvgIpc) is 3.16. The summed E-state index contributed by atoms with van der Waals surface area (Å²) in [6.07, 6.45) is 3.07. The van der Waals surface area contributed by atoms with Gasteiger partial charge in [-0.2, -0.15) is 0 Å². The molecule has 2 saturated heterocycles. The Balaban J connectivity index is 1.40. The van der Waals surface area contributed by atoms with E-state index in [4.69, 9.17) is 4.74 Å². The number of likely N-dealkylation sites (tertiary alicyclic amines) is 1. The molecule has 1 aromatic carbocycles. The van der Waals surface area contributed by atoms with Crippen LogP contribution in [0, 0.1) is 12.8 Å². The maximum absolute atomic E-state index is 12.4. The Labute approximate surface area is 161 Å². The zero-order valence-electron chi connectivity index (χ0n) is 16.4. The van der Waals surface area contributed by atoms with E-state index in [1.165, 1.54) is 0 Å². The van der Waals surface area contributed by atoms with E-state index in [9.17, 15) is 9.59 Å². The fourth-order valence-electron chi connectivity index (χ4n) is 3.81. The molecule has 0 radical (unpaired) electrons. The van der Waals surface area contributed by atoms with Crippen LogP contribution in [-0.2, 0) is 9.53 Å². The van der Waals surface area contributed by atoms with Gasteiger partial charge in [-0.05, 0) is 51.2 Å². The molecule has 2 aliphatic rings. The molecule has 0 bridgehead atoms. The van der Waals surface area contributed by atoms with Gasteiger partial charge in [0.05, 0.1) is 6.61 Å². The van der Waals surface area contributed by atoms with E-state index >= 15 is 0 Å². The van der Waals surface area contributed by atoms with Gasteiger partial charge >= 0.3 is 0 Å².